The molecule has 170 valence electrons. The van der Waals surface area contributed by atoms with Crippen LogP contribution < -0.4 is 20.3 Å². The quantitative estimate of drug-likeness (QED) is 0.530. The standard InChI is InChI=1S/C24H22FN3O4S/c25-17-3-5-18(6-4-17)27-22(29)15-32-20-9-7-19(8-10-20)28-14-16(12-23(28)30)24(31)26-13-21-2-1-11-33-21/h1-11,16H,12-15H2,(H,26,31)(H,27,29)/t16-/m1/s1. The molecular formula is C24H22FN3O4S. The van der Waals surface area contributed by atoms with Crippen molar-refractivity contribution < 1.29 is 23.5 Å². The third-order valence-electron chi connectivity index (χ3n) is 5.16. The van der Waals surface area contributed by atoms with E-state index in [0.717, 1.165) is 4.88 Å². The van der Waals surface area contributed by atoms with Gasteiger partial charge in [-0.2, -0.15) is 0 Å². The number of nitrogens with zero attached hydrogens (tertiary/aromatic N) is 1. The highest BCUT2D eigenvalue weighted by Crippen LogP contribution is 2.27. The molecule has 0 bridgehead atoms. The second-order valence-electron chi connectivity index (χ2n) is 7.54. The molecule has 9 heteroatoms. The zero-order chi connectivity index (χ0) is 23.2. The number of nitrogens with one attached hydrogen (secondary N) is 2. The Morgan fingerprint density at radius 1 is 1.09 bits per heavy atom. The van der Waals surface area contributed by atoms with Crippen molar-refractivity contribution >= 4 is 40.4 Å². The second-order valence-corrected chi connectivity index (χ2v) is 8.57. The third-order valence-corrected chi connectivity index (χ3v) is 6.04. The van der Waals surface area contributed by atoms with Crippen LogP contribution in [0.2, 0.25) is 0 Å². The number of carbonyl (C=O) groups is 3. The van der Waals surface area contributed by atoms with Gasteiger partial charge >= 0.3 is 0 Å². The molecule has 2 N–H and O–H groups in total. The number of anilines is 2. The van der Waals surface area contributed by atoms with Gasteiger partial charge in [0.2, 0.25) is 11.8 Å². The highest BCUT2D eigenvalue weighted by atomic mass is 32.1. The Hall–Kier alpha value is -3.72. The van der Waals surface area contributed by atoms with Gasteiger partial charge < -0.3 is 20.3 Å². The zero-order valence-corrected chi connectivity index (χ0v) is 18.4. The number of amides is 3. The van der Waals surface area contributed by atoms with E-state index in [1.54, 1.807) is 40.5 Å². The lowest BCUT2D eigenvalue weighted by Gasteiger charge is -2.17. The molecule has 0 spiro atoms. The van der Waals surface area contributed by atoms with Gasteiger partial charge in [0.25, 0.3) is 5.91 Å². The molecule has 7 nitrogen and oxygen atoms in total. The molecule has 0 aliphatic carbocycles. The van der Waals surface area contributed by atoms with E-state index in [9.17, 15) is 18.8 Å². The first-order valence-corrected chi connectivity index (χ1v) is 11.2. The van der Waals surface area contributed by atoms with Crippen LogP contribution in [0, 0.1) is 11.7 Å². The van der Waals surface area contributed by atoms with Crippen molar-refractivity contribution in [3.05, 3.63) is 76.7 Å². The maximum Gasteiger partial charge on any atom is 0.262 e. The molecule has 2 heterocycles. The first-order chi connectivity index (χ1) is 16.0. The lowest BCUT2D eigenvalue weighted by Crippen LogP contribution is -2.32. The molecule has 1 aliphatic rings. The molecule has 1 saturated heterocycles. The highest BCUT2D eigenvalue weighted by Gasteiger charge is 2.35. The summed E-state index contributed by atoms with van der Waals surface area (Å²) in [5.74, 6) is -0.943. The number of halogens is 1. The van der Waals surface area contributed by atoms with Crippen molar-refractivity contribution in [2.45, 2.75) is 13.0 Å². The van der Waals surface area contributed by atoms with Gasteiger partial charge in [0.1, 0.15) is 11.6 Å². The predicted octanol–water partition coefficient (Wildman–Crippen LogP) is 3.57. The van der Waals surface area contributed by atoms with Gasteiger partial charge in [-0.1, -0.05) is 6.07 Å². The zero-order valence-electron chi connectivity index (χ0n) is 17.6. The molecule has 3 amide bonds. The summed E-state index contributed by atoms with van der Waals surface area (Å²) in [7, 11) is 0. The fourth-order valence-corrected chi connectivity index (χ4v) is 4.11. The minimum atomic E-state index is -0.399. The fraction of sp³-hybridized carbons (Fsp3) is 0.208. The third kappa shape index (κ3) is 5.95. The van der Waals surface area contributed by atoms with Gasteiger partial charge in [-0.15, -0.1) is 11.3 Å². The average molecular weight is 468 g/mol. The van der Waals surface area contributed by atoms with E-state index < -0.39 is 5.92 Å². The normalized spacial score (nSPS) is 15.4. The van der Waals surface area contributed by atoms with Gasteiger partial charge in [0.05, 0.1) is 12.5 Å². The van der Waals surface area contributed by atoms with Crippen LogP contribution in [0.3, 0.4) is 0 Å². The summed E-state index contributed by atoms with van der Waals surface area (Å²) in [4.78, 5) is 39.6. The van der Waals surface area contributed by atoms with Gasteiger partial charge in [-0.3, -0.25) is 14.4 Å². The number of hydrogen-bond donors (Lipinski definition) is 2. The molecule has 0 unspecified atom stereocenters. The highest BCUT2D eigenvalue weighted by molar-refractivity contribution is 7.09. The largest absolute Gasteiger partial charge is 0.484 e. The van der Waals surface area contributed by atoms with Crippen molar-refractivity contribution in [1.29, 1.82) is 0 Å². The van der Waals surface area contributed by atoms with Gasteiger partial charge in [-0.05, 0) is 60.0 Å². The Labute approximate surface area is 194 Å². The van der Waals surface area contributed by atoms with Gasteiger partial charge in [0.15, 0.2) is 6.61 Å². The number of rotatable bonds is 8. The lowest BCUT2D eigenvalue weighted by molar-refractivity contribution is -0.126. The summed E-state index contributed by atoms with van der Waals surface area (Å²) in [6.45, 7) is 0.559. The summed E-state index contributed by atoms with van der Waals surface area (Å²) >= 11 is 1.57. The molecule has 1 atom stereocenters. The SMILES string of the molecule is O=C(COc1ccc(N2C[C@H](C(=O)NCc3cccs3)CC2=O)cc1)Nc1ccc(F)cc1. The predicted molar refractivity (Wildman–Crippen MR) is 124 cm³/mol. The Morgan fingerprint density at radius 2 is 1.85 bits per heavy atom. The van der Waals surface area contributed by atoms with Crippen LogP contribution >= 0.6 is 11.3 Å². The lowest BCUT2D eigenvalue weighted by atomic mass is 10.1. The van der Waals surface area contributed by atoms with Crippen LogP contribution in [-0.4, -0.2) is 30.9 Å². The number of carbonyl (C=O) groups excluding carboxylic acids is 3. The maximum atomic E-state index is 12.9. The smallest absolute Gasteiger partial charge is 0.262 e. The van der Waals surface area contributed by atoms with Crippen LogP contribution in [0.5, 0.6) is 5.75 Å². The van der Waals surface area contributed by atoms with E-state index in [2.05, 4.69) is 10.6 Å². The molecule has 3 aromatic rings. The van der Waals surface area contributed by atoms with Crippen LogP contribution in [0.4, 0.5) is 15.8 Å². The monoisotopic (exact) mass is 467 g/mol. The van der Waals surface area contributed by atoms with Crippen molar-refractivity contribution in [2.75, 3.05) is 23.4 Å². The van der Waals surface area contributed by atoms with Gasteiger partial charge in [-0.25, -0.2) is 4.39 Å². The maximum absolute atomic E-state index is 12.9. The fourth-order valence-electron chi connectivity index (χ4n) is 3.47. The van der Waals surface area contributed by atoms with Gasteiger partial charge in [0, 0.05) is 29.2 Å². The van der Waals surface area contributed by atoms with E-state index >= 15 is 0 Å². The molecule has 2 aromatic carbocycles. The minimum absolute atomic E-state index is 0.112. The summed E-state index contributed by atoms with van der Waals surface area (Å²) in [6, 6.07) is 16.1. The van der Waals surface area contributed by atoms with Crippen LogP contribution in [0.1, 0.15) is 11.3 Å². The summed E-state index contributed by atoms with van der Waals surface area (Å²) in [5, 5.41) is 7.46. The van der Waals surface area contributed by atoms with Crippen molar-refractivity contribution in [2.24, 2.45) is 5.92 Å². The molecule has 1 aliphatic heterocycles. The van der Waals surface area contributed by atoms with E-state index in [-0.39, 0.29) is 36.6 Å². The molecule has 0 radical (unpaired) electrons. The second kappa shape index (κ2) is 10.3. The molecule has 1 fully saturated rings. The molecule has 1 aromatic heterocycles. The number of benzene rings is 2. The van der Waals surface area contributed by atoms with E-state index in [0.29, 0.717) is 30.2 Å². The Kier molecular flexibility index (Phi) is 6.99. The van der Waals surface area contributed by atoms with Crippen LogP contribution in [0.25, 0.3) is 0 Å². The molecule has 33 heavy (non-hydrogen) atoms. The topological polar surface area (TPSA) is 87.7 Å². The Balaban J connectivity index is 1.26. The van der Waals surface area contributed by atoms with E-state index in [1.807, 2.05) is 17.5 Å². The van der Waals surface area contributed by atoms with Crippen LogP contribution in [-0.2, 0) is 20.9 Å². The summed E-state index contributed by atoms with van der Waals surface area (Å²) in [6.07, 6.45) is 0.165. The Morgan fingerprint density at radius 3 is 2.55 bits per heavy atom. The number of hydrogen-bond acceptors (Lipinski definition) is 5. The number of thiophene rings is 1. The number of ether oxygens (including phenoxy) is 1. The Bertz CT molecular complexity index is 1120. The molecular weight excluding hydrogens is 445 g/mol. The van der Waals surface area contributed by atoms with Crippen molar-refractivity contribution in [3.8, 4) is 5.75 Å². The average Bonchev–Trinajstić information content (AvgIpc) is 3.48. The summed E-state index contributed by atoms with van der Waals surface area (Å²) in [5.41, 5.74) is 1.14. The summed E-state index contributed by atoms with van der Waals surface area (Å²) < 4.78 is 18.4. The van der Waals surface area contributed by atoms with E-state index in [1.165, 1.54) is 24.3 Å². The van der Waals surface area contributed by atoms with Crippen molar-refractivity contribution in [1.82, 2.24) is 5.32 Å². The first-order valence-electron chi connectivity index (χ1n) is 10.4. The van der Waals surface area contributed by atoms with Crippen molar-refractivity contribution in [3.63, 3.8) is 0 Å². The molecule has 0 saturated carbocycles. The first kappa shape index (κ1) is 22.5. The van der Waals surface area contributed by atoms with Crippen LogP contribution in [0.15, 0.2) is 66.0 Å². The van der Waals surface area contributed by atoms with E-state index in [4.69, 9.17) is 4.74 Å². The molecule has 4 rings (SSSR count). The minimum Gasteiger partial charge on any atom is -0.484 e.